The van der Waals surface area contributed by atoms with E-state index in [4.69, 9.17) is 0 Å². The van der Waals surface area contributed by atoms with Gasteiger partial charge >= 0.3 is 0 Å². The Balaban J connectivity index is 1.28. The summed E-state index contributed by atoms with van der Waals surface area (Å²) in [5.41, 5.74) is 4.44. The fourth-order valence-electron chi connectivity index (χ4n) is 4.34. The molecule has 4 aromatic rings. The van der Waals surface area contributed by atoms with Crippen LogP contribution in [0.1, 0.15) is 26.3 Å². The first-order valence-electron chi connectivity index (χ1n) is 11.5. The molecule has 0 N–H and O–H groups in total. The highest BCUT2D eigenvalue weighted by atomic mass is 16.2. The van der Waals surface area contributed by atoms with Crippen LogP contribution in [-0.4, -0.2) is 57.6 Å². The van der Waals surface area contributed by atoms with Crippen molar-refractivity contribution < 1.29 is 9.59 Å². The Morgan fingerprint density at radius 3 is 2.03 bits per heavy atom. The van der Waals surface area contributed by atoms with E-state index in [0.717, 1.165) is 16.7 Å². The van der Waals surface area contributed by atoms with Crippen molar-refractivity contribution in [1.29, 1.82) is 0 Å². The Morgan fingerprint density at radius 2 is 1.35 bits per heavy atom. The second kappa shape index (κ2) is 9.75. The third-order valence-corrected chi connectivity index (χ3v) is 6.20. The molecule has 34 heavy (non-hydrogen) atoms. The number of nitrogens with zero attached hydrogens (tertiary/aromatic N) is 4. The number of carbonyl (C=O) groups is 2. The van der Waals surface area contributed by atoms with Gasteiger partial charge in [-0.25, -0.2) is 0 Å². The van der Waals surface area contributed by atoms with Crippen molar-refractivity contribution in [2.45, 2.75) is 6.54 Å². The van der Waals surface area contributed by atoms with Crippen molar-refractivity contribution in [2.24, 2.45) is 0 Å². The summed E-state index contributed by atoms with van der Waals surface area (Å²) >= 11 is 0. The lowest BCUT2D eigenvalue weighted by Crippen LogP contribution is -2.50. The van der Waals surface area contributed by atoms with Crippen molar-refractivity contribution in [3.8, 4) is 11.1 Å². The van der Waals surface area contributed by atoms with Gasteiger partial charge in [-0.2, -0.15) is 5.10 Å². The van der Waals surface area contributed by atoms with Crippen LogP contribution in [0.2, 0.25) is 0 Å². The van der Waals surface area contributed by atoms with Gasteiger partial charge in [-0.3, -0.25) is 14.3 Å². The van der Waals surface area contributed by atoms with Crippen LogP contribution in [0.5, 0.6) is 0 Å². The van der Waals surface area contributed by atoms with Crippen molar-refractivity contribution in [1.82, 2.24) is 19.6 Å². The molecule has 1 aliphatic rings. The van der Waals surface area contributed by atoms with Gasteiger partial charge in [0.2, 0.25) is 0 Å². The van der Waals surface area contributed by atoms with Crippen molar-refractivity contribution in [3.63, 3.8) is 0 Å². The zero-order valence-corrected chi connectivity index (χ0v) is 18.9. The lowest BCUT2D eigenvalue weighted by molar-refractivity contribution is 0.0536. The van der Waals surface area contributed by atoms with E-state index in [-0.39, 0.29) is 11.8 Å². The van der Waals surface area contributed by atoms with Crippen LogP contribution in [-0.2, 0) is 6.54 Å². The average Bonchev–Trinajstić information content (AvgIpc) is 3.42. The van der Waals surface area contributed by atoms with Crippen LogP contribution in [0.3, 0.4) is 0 Å². The predicted octanol–water partition coefficient (Wildman–Crippen LogP) is 4.20. The maximum Gasteiger partial charge on any atom is 0.254 e. The van der Waals surface area contributed by atoms with E-state index in [2.05, 4.69) is 29.4 Å². The second-order valence-corrected chi connectivity index (χ2v) is 8.40. The normalized spacial score (nSPS) is 13.6. The van der Waals surface area contributed by atoms with Crippen molar-refractivity contribution >= 4 is 11.8 Å². The molecule has 0 spiro atoms. The van der Waals surface area contributed by atoms with E-state index >= 15 is 0 Å². The zero-order chi connectivity index (χ0) is 23.3. The van der Waals surface area contributed by atoms with Gasteiger partial charge in [-0.15, -0.1) is 0 Å². The van der Waals surface area contributed by atoms with Gasteiger partial charge in [-0.1, -0.05) is 60.7 Å². The molecule has 2 heterocycles. The second-order valence-electron chi connectivity index (χ2n) is 8.40. The van der Waals surface area contributed by atoms with Gasteiger partial charge in [0, 0.05) is 49.7 Å². The maximum atomic E-state index is 13.4. The Hall–Kier alpha value is -4.19. The Kier molecular flexibility index (Phi) is 6.21. The summed E-state index contributed by atoms with van der Waals surface area (Å²) in [5, 5.41) is 4.26. The summed E-state index contributed by atoms with van der Waals surface area (Å²) in [6.45, 7) is 2.82. The molecule has 5 rings (SSSR count). The predicted molar refractivity (Wildman–Crippen MR) is 131 cm³/mol. The third-order valence-electron chi connectivity index (χ3n) is 6.20. The van der Waals surface area contributed by atoms with Gasteiger partial charge in [0.05, 0.1) is 6.54 Å². The quantitative estimate of drug-likeness (QED) is 0.458. The number of benzene rings is 3. The highest BCUT2D eigenvalue weighted by Crippen LogP contribution is 2.26. The van der Waals surface area contributed by atoms with Gasteiger partial charge < -0.3 is 9.80 Å². The molecule has 1 fully saturated rings. The van der Waals surface area contributed by atoms with Crippen LogP contribution in [0.4, 0.5) is 0 Å². The molecule has 0 unspecified atom stereocenters. The van der Waals surface area contributed by atoms with Crippen molar-refractivity contribution in [2.75, 3.05) is 26.2 Å². The standard InChI is InChI=1S/C28H26N4O2/c33-27(24-7-2-1-3-8-24)30-17-19-31(20-18-30)28(34)26-10-5-4-9-25(26)23-13-11-22(12-14-23)21-32-16-6-15-29-32/h1-16H,17-21H2. The van der Waals surface area contributed by atoms with E-state index in [1.54, 1.807) is 6.20 Å². The minimum atomic E-state index is 0.00280. The Bertz CT molecular complexity index is 1260. The van der Waals surface area contributed by atoms with Gasteiger partial charge in [-0.05, 0) is 41.0 Å². The lowest BCUT2D eigenvalue weighted by atomic mass is 9.97. The number of hydrogen-bond acceptors (Lipinski definition) is 3. The van der Waals surface area contributed by atoms with Gasteiger partial charge in [0.25, 0.3) is 11.8 Å². The minimum absolute atomic E-state index is 0.00280. The van der Waals surface area contributed by atoms with E-state index in [1.165, 1.54) is 0 Å². The lowest BCUT2D eigenvalue weighted by Gasteiger charge is -2.35. The van der Waals surface area contributed by atoms with Crippen LogP contribution in [0, 0.1) is 0 Å². The Morgan fingerprint density at radius 1 is 0.706 bits per heavy atom. The molecule has 170 valence electrons. The maximum absolute atomic E-state index is 13.4. The van der Waals surface area contributed by atoms with E-state index in [0.29, 0.717) is 43.9 Å². The third kappa shape index (κ3) is 4.62. The molecule has 0 atom stereocenters. The highest BCUT2D eigenvalue weighted by molar-refractivity contribution is 6.01. The summed E-state index contributed by atoms with van der Waals surface area (Å²) in [6.07, 6.45) is 3.71. The van der Waals surface area contributed by atoms with Gasteiger partial charge in [0.1, 0.15) is 0 Å². The number of piperazine rings is 1. The van der Waals surface area contributed by atoms with E-state index in [1.807, 2.05) is 81.3 Å². The molecule has 0 aliphatic carbocycles. The topological polar surface area (TPSA) is 58.4 Å². The molecule has 1 aromatic heterocycles. The largest absolute Gasteiger partial charge is 0.335 e. The molecular weight excluding hydrogens is 424 g/mol. The summed E-state index contributed by atoms with van der Waals surface area (Å²) in [7, 11) is 0. The van der Waals surface area contributed by atoms with Gasteiger partial charge in [0.15, 0.2) is 0 Å². The molecule has 6 heteroatoms. The Labute approximate surface area is 199 Å². The van der Waals surface area contributed by atoms with Crippen LogP contribution < -0.4 is 0 Å². The number of rotatable bonds is 5. The molecule has 2 amide bonds. The fraction of sp³-hybridized carbons (Fsp3) is 0.179. The molecule has 0 bridgehead atoms. The fourth-order valence-corrected chi connectivity index (χ4v) is 4.34. The number of amides is 2. The van der Waals surface area contributed by atoms with E-state index < -0.39 is 0 Å². The first-order chi connectivity index (χ1) is 16.7. The summed E-state index contributed by atoms with van der Waals surface area (Å²) in [4.78, 5) is 29.8. The van der Waals surface area contributed by atoms with Crippen molar-refractivity contribution in [3.05, 3.63) is 114 Å². The van der Waals surface area contributed by atoms with Crippen LogP contribution in [0.15, 0.2) is 97.3 Å². The average molecular weight is 451 g/mol. The monoisotopic (exact) mass is 450 g/mol. The smallest absolute Gasteiger partial charge is 0.254 e. The number of carbonyl (C=O) groups excluding carboxylic acids is 2. The molecular formula is C28H26N4O2. The van der Waals surface area contributed by atoms with E-state index in [9.17, 15) is 9.59 Å². The first kappa shape index (κ1) is 21.6. The summed E-state index contributed by atoms with van der Waals surface area (Å²) in [6, 6.07) is 27.2. The molecule has 1 aliphatic heterocycles. The molecule has 0 saturated carbocycles. The van der Waals surface area contributed by atoms with Crippen LogP contribution in [0.25, 0.3) is 11.1 Å². The number of aromatic nitrogens is 2. The molecule has 3 aromatic carbocycles. The summed E-state index contributed by atoms with van der Waals surface area (Å²) < 4.78 is 1.88. The van der Waals surface area contributed by atoms with Crippen LogP contribution >= 0.6 is 0 Å². The molecule has 6 nitrogen and oxygen atoms in total. The zero-order valence-electron chi connectivity index (χ0n) is 18.9. The molecule has 0 radical (unpaired) electrons. The minimum Gasteiger partial charge on any atom is -0.335 e. The first-order valence-corrected chi connectivity index (χ1v) is 11.5. The number of hydrogen-bond donors (Lipinski definition) is 0. The highest BCUT2D eigenvalue weighted by Gasteiger charge is 2.26. The summed E-state index contributed by atoms with van der Waals surface area (Å²) in [5.74, 6) is 0.0197. The SMILES string of the molecule is O=C(c1ccccc1)N1CCN(C(=O)c2ccccc2-c2ccc(Cn3cccn3)cc2)CC1. The molecule has 1 saturated heterocycles.